The van der Waals surface area contributed by atoms with Crippen LogP contribution in [0.15, 0.2) is 23.1 Å². The van der Waals surface area contributed by atoms with Gasteiger partial charge in [-0.05, 0) is 37.0 Å². The van der Waals surface area contributed by atoms with Gasteiger partial charge in [0.25, 0.3) is 0 Å². The predicted molar refractivity (Wildman–Crippen MR) is 74.4 cm³/mol. The van der Waals surface area contributed by atoms with Crippen LogP contribution in [0.25, 0.3) is 0 Å². The number of aliphatic hydroxyl groups excluding tert-OH is 1. The van der Waals surface area contributed by atoms with Gasteiger partial charge in [-0.3, -0.25) is 0 Å². The number of aliphatic hydroxyl groups is 1. The maximum Gasteiger partial charge on any atom is 0.242 e. The van der Waals surface area contributed by atoms with Gasteiger partial charge in [0, 0.05) is 18.3 Å². The first-order valence-electron chi connectivity index (χ1n) is 6.12. The molecule has 106 valence electrons. The van der Waals surface area contributed by atoms with Gasteiger partial charge >= 0.3 is 0 Å². The number of sulfonamides is 1. The summed E-state index contributed by atoms with van der Waals surface area (Å²) in [5.41, 5.74) is 5.94. The predicted octanol–water partition coefficient (Wildman–Crippen LogP) is 1.36. The van der Waals surface area contributed by atoms with E-state index in [4.69, 9.17) is 17.3 Å². The number of hydrogen-bond donors (Lipinski definition) is 3. The summed E-state index contributed by atoms with van der Waals surface area (Å²) in [5.74, 6) is -0.0328. The molecule has 0 heterocycles. The zero-order chi connectivity index (χ0) is 14.0. The van der Waals surface area contributed by atoms with E-state index in [1.807, 2.05) is 0 Å². The van der Waals surface area contributed by atoms with Crippen molar-refractivity contribution < 1.29 is 13.5 Å². The standard InChI is InChI=1S/C12H17ClN2O3S/c13-10-5-4-9(14)6-12(10)19(17,18)15-11-3-1-2-8(11)7-16/h4-6,8,11,15-16H,1-3,7,14H2. The Morgan fingerprint density at radius 1 is 1.42 bits per heavy atom. The lowest BCUT2D eigenvalue weighted by molar-refractivity contribution is 0.213. The van der Waals surface area contributed by atoms with Crippen molar-refractivity contribution in [1.82, 2.24) is 4.72 Å². The van der Waals surface area contributed by atoms with Crippen LogP contribution in [0.4, 0.5) is 5.69 Å². The fourth-order valence-electron chi connectivity index (χ4n) is 2.40. The fraction of sp³-hybridized carbons (Fsp3) is 0.500. The monoisotopic (exact) mass is 304 g/mol. The topological polar surface area (TPSA) is 92.4 Å². The van der Waals surface area contributed by atoms with Gasteiger partial charge in [-0.25, -0.2) is 13.1 Å². The lowest BCUT2D eigenvalue weighted by Gasteiger charge is -2.19. The number of nitrogens with one attached hydrogen (secondary N) is 1. The molecule has 2 rings (SSSR count). The number of nitrogen functional groups attached to an aromatic ring is 1. The maximum atomic E-state index is 12.3. The summed E-state index contributed by atoms with van der Waals surface area (Å²) in [6.45, 7) is -0.0160. The molecular weight excluding hydrogens is 288 g/mol. The zero-order valence-corrected chi connectivity index (χ0v) is 11.9. The van der Waals surface area contributed by atoms with Gasteiger partial charge in [0.15, 0.2) is 0 Å². The van der Waals surface area contributed by atoms with E-state index >= 15 is 0 Å². The summed E-state index contributed by atoms with van der Waals surface area (Å²) in [4.78, 5) is -0.0160. The minimum Gasteiger partial charge on any atom is -0.399 e. The normalized spacial score (nSPS) is 23.7. The molecule has 5 nitrogen and oxygen atoms in total. The van der Waals surface area contributed by atoms with Crippen molar-refractivity contribution in [3.8, 4) is 0 Å². The second kappa shape index (κ2) is 5.66. The summed E-state index contributed by atoms with van der Waals surface area (Å²) in [7, 11) is -3.71. The Bertz CT molecular complexity index is 562. The highest BCUT2D eigenvalue weighted by Crippen LogP contribution is 2.29. The van der Waals surface area contributed by atoms with Crippen molar-refractivity contribution in [3.63, 3.8) is 0 Å². The van der Waals surface area contributed by atoms with E-state index < -0.39 is 10.0 Å². The summed E-state index contributed by atoms with van der Waals surface area (Å²) in [6, 6.07) is 4.11. The summed E-state index contributed by atoms with van der Waals surface area (Å²) in [6.07, 6.45) is 2.46. The number of anilines is 1. The Balaban J connectivity index is 2.25. The van der Waals surface area contributed by atoms with Crippen molar-refractivity contribution in [1.29, 1.82) is 0 Å². The SMILES string of the molecule is Nc1ccc(Cl)c(S(=O)(=O)NC2CCCC2CO)c1. The molecule has 1 aromatic carbocycles. The number of benzene rings is 1. The minimum absolute atomic E-state index is 0.0160. The van der Waals surface area contributed by atoms with Crippen LogP contribution >= 0.6 is 11.6 Å². The fourth-order valence-corrected chi connectivity index (χ4v) is 4.27. The van der Waals surface area contributed by atoms with E-state index in [1.54, 1.807) is 6.07 Å². The quantitative estimate of drug-likeness (QED) is 0.732. The smallest absolute Gasteiger partial charge is 0.242 e. The van der Waals surface area contributed by atoms with Gasteiger partial charge in [0.1, 0.15) is 4.90 Å². The molecule has 1 fully saturated rings. The molecule has 0 saturated heterocycles. The van der Waals surface area contributed by atoms with E-state index in [-0.39, 0.29) is 28.5 Å². The number of hydrogen-bond acceptors (Lipinski definition) is 4. The molecule has 1 aromatic rings. The summed E-state index contributed by atoms with van der Waals surface area (Å²) >= 11 is 5.91. The van der Waals surface area contributed by atoms with Crippen molar-refractivity contribution >= 4 is 27.3 Å². The number of halogens is 1. The van der Waals surface area contributed by atoms with Crippen LogP contribution in [0.2, 0.25) is 5.02 Å². The second-order valence-electron chi connectivity index (χ2n) is 4.79. The largest absolute Gasteiger partial charge is 0.399 e. The van der Waals surface area contributed by atoms with E-state index in [2.05, 4.69) is 4.72 Å². The van der Waals surface area contributed by atoms with Gasteiger partial charge in [-0.15, -0.1) is 0 Å². The molecule has 0 bridgehead atoms. The third-order valence-electron chi connectivity index (χ3n) is 3.44. The first-order chi connectivity index (χ1) is 8.94. The van der Waals surface area contributed by atoms with Crippen LogP contribution in [0.3, 0.4) is 0 Å². The Morgan fingerprint density at radius 2 is 2.16 bits per heavy atom. The average Bonchev–Trinajstić information content (AvgIpc) is 2.78. The molecule has 1 aliphatic rings. The van der Waals surface area contributed by atoms with Crippen LogP contribution in [-0.4, -0.2) is 26.2 Å². The average molecular weight is 305 g/mol. The van der Waals surface area contributed by atoms with Gasteiger partial charge in [0.2, 0.25) is 10.0 Å². The maximum absolute atomic E-state index is 12.3. The van der Waals surface area contributed by atoms with Crippen LogP contribution < -0.4 is 10.5 Å². The highest BCUT2D eigenvalue weighted by molar-refractivity contribution is 7.89. The molecule has 0 amide bonds. The first kappa shape index (κ1) is 14.6. The second-order valence-corrected chi connectivity index (χ2v) is 6.88. The summed E-state index contributed by atoms with van der Waals surface area (Å²) < 4.78 is 27.2. The van der Waals surface area contributed by atoms with Gasteiger partial charge in [0.05, 0.1) is 5.02 Å². The Hall–Kier alpha value is -0.820. The highest BCUT2D eigenvalue weighted by Gasteiger charge is 2.31. The molecule has 7 heteroatoms. The van der Waals surface area contributed by atoms with Crippen molar-refractivity contribution in [2.45, 2.75) is 30.2 Å². The molecule has 2 atom stereocenters. The minimum atomic E-state index is -3.71. The van der Waals surface area contributed by atoms with Crippen molar-refractivity contribution in [2.75, 3.05) is 12.3 Å². The lowest BCUT2D eigenvalue weighted by Crippen LogP contribution is -2.38. The van der Waals surface area contributed by atoms with E-state index in [1.165, 1.54) is 12.1 Å². The molecule has 1 saturated carbocycles. The molecule has 1 aliphatic carbocycles. The highest BCUT2D eigenvalue weighted by atomic mass is 35.5. The molecule has 2 unspecified atom stereocenters. The molecule has 0 aromatic heterocycles. The Morgan fingerprint density at radius 3 is 2.84 bits per heavy atom. The van der Waals surface area contributed by atoms with E-state index in [0.29, 0.717) is 5.69 Å². The van der Waals surface area contributed by atoms with Crippen molar-refractivity contribution in [3.05, 3.63) is 23.2 Å². The lowest BCUT2D eigenvalue weighted by atomic mass is 10.1. The third-order valence-corrected chi connectivity index (χ3v) is 5.42. The van der Waals surface area contributed by atoms with Gasteiger partial charge in [-0.2, -0.15) is 0 Å². The van der Waals surface area contributed by atoms with Gasteiger partial charge in [-0.1, -0.05) is 18.0 Å². The Kier molecular flexibility index (Phi) is 4.35. The molecule has 4 N–H and O–H groups in total. The molecule has 19 heavy (non-hydrogen) atoms. The first-order valence-corrected chi connectivity index (χ1v) is 7.98. The number of nitrogens with two attached hydrogens (primary N) is 1. The van der Waals surface area contributed by atoms with Crippen LogP contribution in [0.1, 0.15) is 19.3 Å². The molecular formula is C12H17ClN2O3S. The van der Waals surface area contributed by atoms with Crippen LogP contribution in [0.5, 0.6) is 0 Å². The molecule has 0 radical (unpaired) electrons. The van der Waals surface area contributed by atoms with E-state index in [0.717, 1.165) is 19.3 Å². The molecule has 0 spiro atoms. The summed E-state index contributed by atoms with van der Waals surface area (Å²) in [5, 5.41) is 9.36. The van der Waals surface area contributed by atoms with Crippen LogP contribution in [-0.2, 0) is 10.0 Å². The molecule has 0 aliphatic heterocycles. The van der Waals surface area contributed by atoms with Crippen LogP contribution in [0, 0.1) is 5.92 Å². The number of rotatable bonds is 4. The van der Waals surface area contributed by atoms with E-state index in [9.17, 15) is 13.5 Å². The zero-order valence-electron chi connectivity index (χ0n) is 10.3. The Labute approximate surface area is 117 Å². The third kappa shape index (κ3) is 3.20. The van der Waals surface area contributed by atoms with Crippen molar-refractivity contribution in [2.24, 2.45) is 5.92 Å². The van der Waals surface area contributed by atoms with Gasteiger partial charge < -0.3 is 10.8 Å².